The van der Waals surface area contributed by atoms with Gasteiger partial charge in [-0.2, -0.15) is 0 Å². The molecule has 0 bridgehead atoms. The van der Waals surface area contributed by atoms with E-state index >= 15 is 0 Å². The third kappa shape index (κ3) is 3.02. The first-order chi connectivity index (χ1) is 9.85. The molecule has 3 heterocycles. The molecule has 1 saturated heterocycles. The van der Waals surface area contributed by atoms with Crippen molar-refractivity contribution in [2.75, 3.05) is 38.1 Å². The van der Waals surface area contributed by atoms with E-state index in [0.29, 0.717) is 5.65 Å². The van der Waals surface area contributed by atoms with Crippen molar-refractivity contribution in [2.45, 2.75) is 13.0 Å². The number of likely N-dealkylation sites (N-methyl/N-ethyl adjacent to an activating group) is 1. The molecule has 3 rings (SSSR count). The zero-order chi connectivity index (χ0) is 13.8. The number of ether oxygens (including phenoxy) is 1. The molecule has 2 aromatic heterocycles. The fourth-order valence-corrected chi connectivity index (χ4v) is 2.36. The minimum absolute atomic E-state index is 0.211. The summed E-state index contributed by atoms with van der Waals surface area (Å²) in [6.45, 7) is 6.81. The predicted molar refractivity (Wildman–Crippen MR) is 77.7 cm³/mol. The van der Waals surface area contributed by atoms with Gasteiger partial charge in [0.25, 0.3) is 0 Å². The highest BCUT2D eigenvalue weighted by Crippen LogP contribution is 2.11. The Bertz CT molecular complexity index is 576. The lowest BCUT2D eigenvalue weighted by molar-refractivity contribution is -0.0192. The topological polar surface area (TPSA) is 63.2 Å². The number of hydrogen-bond acceptors (Lipinski definition) is 6. The van der Waals surface area contributed by atoms with Crippen LogP contribution in [0.25, 0.3) is 11.2 Å². The van der Waals surface area contributed by atoms with E-state index in [1.807, 2.05) is 12.1 Å². The Morgan fingerprint density at radius 1 is 1.35 bits per heavy atom. The SMILES string of the molecule is CCN1CCOC(CNc2ccc3nccnc3n2)C1. The van der Waals surface area contributed by atoms with Crippen LogP contribution >= 0.6 is 0 Å². The molecule has 106 valence electrons. The fraction of sp³-hybridized carbons (Fsp3) is 0.500. The first kappa shape index (κ1) is 13.2. The van der Waals surface area contributed by atoms with Crippen LogP contribution in [0.1, 0.15) is 6.92 Å². The molecule has 0 aliphatic carbocycles. The first-order valence-electron chi connectivity index (χ1n) is 7.01. The van der Waals surface area contributed by atoms with Gasteiger partial charge in [0.15, 0.2) is 5.65 Å². The van der Waals surface area contributed by atoms with Gasteiger partial charge in [0, 0.05) is 32.0 Å². The second-order valence-electron chi connectivity index (χ2n) is 4.86. The smallest absolute Gasteiger partial charge is 0.180 e. The maximum Gasteiger partial charge on any atom is 0.180 e. The van der Waals surface area contributed by atoms with Crippen LogP contribution in [0.4, 0.5) is 5.82 Å². The van der Waals surface area contributed by atoms with Gasteiger partial charge >= 0.3 is 0 Å². The van der Waals surface area contributed by atoms with Crippen molar-refractivity contribution in [1.82, 2.24) is 19.9 Å². The Morgan fingerprint density at radius 2 is 2.25 bits per heavy atom. The molecule has 1 atom stereocenters. The van der Waals surface area contributed by atoms with Crippen molar-refractivity contribution in [2.24, 2.45) is 0 Å². The van der Waals surface area contributed by atoms with Crippen LogP contribution < -0.4 is 5.32 Å². The normalized spacial score (nSPS) is 20.1. The van der Waals surface area contributed by atoms with Gasteiger partial charge in [-0.05, 0) is 18.7 Å². The molecule has 0 saturated carbocycles. The third-order valence-electron chi connectivity index (χ3n) is 3.51. The van der Waals surface area contributed by atoms with Crippen LogP contribution in [0.3, 0.4) is 0 Å². The highest BCUT2D eigenvalue weighted by molar-refractivity contribution is 5.71. The monoisotopic (exact) mass is 273 g/mol. The van der Waals surface area contributed by atoms with E-state index in [4.69, 9.17) is 4.74 Å². The number of aromatic nitrogens is 3. The summed E-state index contributed by atoms with van der Waals surface area (Å²) in [6, 6.07) is 3.86. The average Bonchev–Trinajstić information content (AvgIpc) is 2.53. The number of pyridine rings is 1. The summed E-state index contributed by atoms with van der Waals surface area (Å²) in [4.78, 5) is 15.3. The molecule has 6 heteroatoms. The zero-order valence-corrected chi connectivity index (χ0v) is 11.6. The van der Waals surface area contributed by atoms with Crippen molar-refractivity contribution >= 4 is 17.0 Å². The molecule has 1 aliphatic rings. The van der Waals surface area contributed by atoms with E-state index in [1.54, 1.807) is 12.4 Å². The molecular weight excluding hydrogens is 254 g/mol. The van der Waals surface area contributed by atoms with E-state index in [0.717, 1.165) is 44.1 Å². The summed E-state index contributed by atoms with van der Waals surface area (Å²) in [7, 11) is 0. The summed E-state index contributed by atoms with van der Waals surface area (Å²) < 4.78 is 5.76. The summed E-state index contributed by atoms with van der Waals surface area (Å²) in [6.07, 6.45) is 3.54. The number of fused-ring (bicyclic) bond motifs is 1. The number of morpholine rings is 1. The molecule has 0 aromatic carbocycles. The lowest BCUT2D eigenvalue weighted by atomic mass is 10.2. The number of anilines is 1. The van der Waals surface area contributed by atoms with Gasteiger partial charge in [-0.3, -0.25) is 9.88 Å². The average molecular weight is 273 g/mol. The molecule has 6 nitrogen and oxygen atoms in total. The highest BCUT2D eigenvalue weighted by Gasteiger charge is 2.18. The maximum atomic E-state index is 5.76. The van der Waals surface area contributed by atoms with Gasteiger partial charge in [-0.25, -0.2) is 9.97 Å². The predicted octanol–water partition coefficient (Wildman–Crippen LogP) is 1.16. The van der Waals surface area contributed by atoms with E-state index in [9.17, 15) is 0 Å². The van der Waals surface area contributed by atoms with Crippen molar-refractivity contribution in [1.29, 1.82) is 0 Å². The van der Waals surface area contributed by atoms with E-state index in [1.165, 1.54) is 0 Å². The molecule has 0 radical (unpaired) electrons. The summed E-state index contributed by atoms with van der Waals surface area (Å²) in [5, 5.41) is 3.32. The fourth-order valence-electron chi connectivity index (χ4n) is 2.36. The van der Waals surface area contributed by atoms with Crippen LogP contribution in [-0.2, 0) is 4.74 Å². The van der Waals surface area contributed by atoms with E-state index in [2.05, 4.69) is 32.1 Å². The highest BCUT2D eigenvalue weighted by atomic mass is 16.5. The molecule has 2 aromatic rings. The Kier molecular flexibility index (Phi) is 4.03. The first-order valence-corrected chi connectivity index (χ1v) is 7.01. The van der Waals surface area contributed by atoms with Crippen LogP contribution in [-0.4, -0.2) is 58.7 Å². The Hall–Kier alpha value is -1.79. The molecular formula is C14H19N5O. The van der Waals surface area contributed by atoms with Gasteiger partial charge in [0.2, 0.25) is 0 Å². The standard InChI is InChI=1S/C14H19N5O/c1-2-19-7-8-20-11(10-19)9-17-13-4-3-12-14(18-13)16-6-5-15-12/h3-6,11H,2,7-10H2,1H3,(H,16,17,18). The molecule has 1 fully saturated rings. The lowest BCUT2D eigenvalue weighted by Crippen LogP contribution is -2.45. The van der Waals surface area contributed by atoms with E-state index < -0.39 is 0 Å². The van der Waals surface area contributed by atoms with Crippen molar-refractivity contribution in [3.8, 4) is 0 Å². The minimum atomic E-state index is 0.211. The molecule has 1 aliphatic heterocycles. The summed E-state index contributed by atoms with van der Waals surface area (Å²) >= 11 is 0. The minimum Gasteiger partial charge on any atom is -0.374 e. The maximum absolute atomic E-state index is 5.76. The molecule has 1 N–H and O–H groups in total. The molecule has 0 amide bonds. The van der Waals surface area contributed by atoms with Crippen molar-refractivity contribution < 1.29 is 4.74 Å². The van der Waals surface area contributed by atoms with Gasteiger partial charge in [0.1, 0.15) is 11.3 Å². The summed E-state index contributed by atoms with van der Waals surface area (Å²) in [5.41, 5.74) is 1.47. The number of nitrogens with one attached hydrogen (secondary N) is 1. The largest absolute Gasteiger partial charge is 0.374 e. The van der Waals surface area contributed by atoms with Crippen LogP contribution in [0.5, 0.6) is 0 Å². The van der Waals surface area contributed by atoms with Crippen LogP contribution in [0, 0.1) is 0 Å². The Balaban J connectivity index is 1.61. The number of rotatable bonds is 4. The van der Waals surface area contributed by atoms with Gasteiger partial charge in [-0.1, -0.05) is 6.92 Å². The van der Waals surface area contributed by atoms with E-state index in [-0.39, 0.29) is 6.10 Å². The third-order valence-corrected chi connectivity index (χ3v) is 3.51. The zero-order valence-electron chi connectivity index (χ0n) is 11.6. The molecule has 0 spiro atoms. The van der Waals surface area contributed by atoms with Crippen LogP contribution in [0.2, 0.25) is 0 Å². The second-order valence-corrected chi connectivity index (χ2v) is 4.86. The number of hydrogen-bond donors (Lipinski definition) is 1. The van der Waals surface area contributed by atoms with Crippen LogP contribution in [0.15, 0.2) is 24.5 Å². The molecule has 1 unspecified atom stereocenters. The summed E-state index contributed by atoms with van der Waals surface area (Å²) in [5.74, 6) is 0.815. The number of nitrogens with zero attached hydrogens (tertiary/aromatic N) is 4. The van der Waals surface area contributed by atoms with Crippen molar-refractivity contribution in [3.63, 3.8) is 0 Å². The van der Waals surface area contributed by atoms with Gasteiger partial charge in [0.05, 0.1) is 12.7 Å². The Labute approximate surface area is 118 Å². The second kappa shape index (κ2) is 6.11. The van der Waals surface area contributed by atoms with Crippen molar-refractivity contribution in [3.05, 3.63) is 24.5 Å². The lowest BCUT2D eigenvalue weighted by Gasteiger charge is -2.32. The van der Waals surface area contributed by atoms with Gasteiger partial charge in [-0.15, -0.1) is 0 Å². The molecule has 20 heavy (non-hydrogen) atoms. The van der Waals surface area contributed by atoms with Gasteiger partial charge < -0.3 is 10.1 Å². The Morgan fingerprint density at radius 3 is 3.15 bits per heavy atom. The quantitative estimate of drug-likeness (QED) is 0.902.